The minimum Gasteiger partial charge on any atom is -0.365 e. The van der Waals surface area contributed by atoms with Crippen molar-refractivity contribution >= 4 is 17.4 Å². The number of benzene rings is 2. The zero-order valence-corrected chi connectivity index (χ0v) is 14.8. The third-order valence-corrected chi connectivity index (χ3v) is 5.46. The molecule has 128 valence electrons. The van der Waals surface area contributed by atoms with E-state index in [1.54, 1.807) is 0 Å². The van der Waals surface area contributed by atoms with E-state index in [9.17, 15) is 4.79 Å². The van der Waals surface area contributed by atoms with Crippen LogP contribution in [0.15, 0.2) is 66.2 Å². The molecule has 2 aromatic rings. The van der Waals surface area contributed by atoms with Crippen molar-refractivity contribution in [1.82, 2.24) is 0 Å². The van der Waals surface area contributed by atoms with Gasteiger partial charge in [0.25, 0.3) is 0 Å². The van der Waals surface area contributed by atoms with Gasteiger partial charge in [-0.1, -0.05) is 60.1 Å². The van der Waals surface area contributed by atoms with Crippen LogP contribution in [0.3, 0.4) is 0 Å². The summed E-state index contributed by atoms with van der Waals surface area (Å²) in [5, 5.41) is 0.697. The molecule has 3 heteroatoms. The van der Waals surface area contributed by atoms with Crippen molar-refractivity contribution in [3.05, 3.63) is 82.4 Å². The molecule has 25 heavy (non-hydrogen) atoms. The van der Waals surface area contributed by atoms with Crippen LogP contribution < -0.4 is 0 Å². The summed E-state index contributed by atoms with van der Waals surface area (Å²) in [7, 11) is 0. The van der Waals surface area contributed by atoms with E-state index in [0.717, 1.165) is 42.4 Å². The predicted octanol–water partition coefficient (Wildman–Crippen LogP) is 5.84. The molecule has 3 atom stereocenters. The molecule has 1 heterocycles. The summed E-state index contributed by atoms with van der Waals surface area (Å²) in [6, 6.07) is 17.9. The lowest BCUT2D eigenvalue weighted by Crippen LogP contribution is -2.19. The summed E-state index contributed by atoms with van der Waals surface area (Å²) in [6.45, 7) is 0. The fourth-order valence-corrected chi connectivity index (χ4v) is 4.03. The van der Waals surface area contributed by atoms with Crippen molar-refractivity contribution in [2.45, 2.75) is 37.9 Å². The second-order valence-electron chi connectivity index (χ2n) is 6.84. The van der Waals surface area contributed by atoms with Crippen LogP contribution >= 0.6 is 11.6 Å². The first-order chi connectivity index (χ1) is 12.2. The lowest BCUT2D eigenvalue weighted by molar-refractivity contribution is -0.121. The predicted molar refractivity (Wildman–Crippen MR) is 99.5 cm³/mol. The van der Waals surface area contributed by atoms with E-state index in [1.165, 1.54) is 0 Å². The molecule has 0 amide bonds. The highest BCUT2D eigenvalue weighted by Gasteiger charge is 2.42. The molecule has 1 fully saturated rings. The first-order valence-corrected chi connectivity index (χ1v) is 9.29. The molecule has 2 nitrogen and oxygen atoms in total. The largest absolute Gasteiger partial charge is 0.365 e. The maximum absolute atomic E-state index is 13.1. The molecule has 1 aliphatic carbocycles. The Balaban J connectivity index is 1.65. The lowest BCUT2D eigenvalue weighted by atomic mass is 9.86. The van der Waals surface area contributed by atoms with Crippen LogP contribution in [-0.4, -0.2) is 5.78 Å². The van der Waals surface area contributed by atoms with E-state index < -0.39 is 0 Å². The van der Waals surface area contributed by atoms with Gasteiger partial charge in [-0.3, -0.25) is 4.79 Å². The Morgan fingerprint density at radius 3 is 2.44 bits per heavy atom. The number of halogens is 1. The first-order valence-electron chi connectivity index (χ1n) is 8.91. The van der Waals surface area contributed by atoms with Crippen LogP contribution in [-0.2, 0) is 9.53 Å². The van der Waals surface area contributed by atoms with E-state index >= 15 is 0 Å². The average Bonchev–Trinajstić information content (AvgIpc) is 3.33. The first kappa shape index (κ1) is 16.6. The topological polar surface area (TPSA) is 26.3 Å². The van der Waals surface area contributed by atoms with Crippen LogP contribution in [0, 0.1) is 5.92 Å². The number of rotatable bonds is 4. The number of allylic oxidation sites excluding steroid dienone is 2. The fourth-order valence-electron chi connectivity index (χ4n) is 3.90. The molecule has 0 saturated carbocycles. The van der Waals surface area contributed by atoms with E-state index in [-0.39, 0.29) is 23.9 Å². The molecule has 0 bridgehead atoms. The number of carbonyl (C=O) groups excluding carboxylic acids is 1. The summed E-state index contributed by atoms with van der Waals surface area (Å²) in [6.07, 6.45) is 5.59. The van der Waals surface area contributed by atoms with Crippen molar-refractivity contribution in [3.63, 3.8) is 0 Å². The second kappa shape index (κ2) is 7.15. The molecule has 0 radical (unpaired) electrons. The quantitative estimate of drug-likeness (QED) is 0.691. The van der Waals surface area contributed by atoms with Gasteiger partial charge in [-0.2, -0.15) is 0 Å². The zero-order chi connectivity index (χ0) is 17.2. The van der Waals surface area contributed by atoms with Crippen molar-refractivity contribution in [2.24, 2.45) is 5.92 Å². The van der Waals surface area contributed by atoms with Gasteiger partial charge in [-0.05, 0) is 54.5 Å². The van der Waals surface area contributed by atoms with Crippen molar-refractivity contribution in [2.75, 3.05) is 0 Å². The van der Waals surface area contributed by atoms with Crippen LogP contribution in [0.4, 0.5) is 0 Å². The van der Waals surface area contributed by atoms with Gasteiger partial charge in [0, 0.05) is 5.02 Å². The molecule has 1 aliphatic heterocycles. The summed E-state index contributed by atoms with van der Waals surface area (Å²) in [5.41, 5.74) is 3.15. The number of hydrogen-bond acceptors (Lipinski definition) is 2. The molecule has 2 aliphatic rings. The van der Waals surface area contributed by atoms with Gasteiger partial charge in [-0.25, -0.2) is 0 Å². The minimum atomic E-state index is -0.212. The lowest BCUT2D eigenvalue weighted by Gasteiger charge is -2.19. The summed E-state index contributed by atoms with van der Waals surface area (Å²) < 4.78 is 6.38. The zero-order valence-electron chi connectivity index (χ0n) is 14.0. The van der Waals surface area contributed by atoms with Gasteiger partial charge in [0.1, 0.15) is 0 Å². The van der Waals surface area contributed by atoms with Crippen LogP contribution in [0.5, 0.6) is 0 Å². The molecule has 3 unspecified atom stereocenters. The second-order valence-corrected chi connectivity index (χ2v) is 7.27. The molecular weight excluding hydrogens is 332 g/mol. The van der Waals surface area contributed by atoms with Gasteiger partial charge >= 0.3 is 0 Å². The normalized spacial score (nSPS) is 25.8. The van der Waals surface area contributed by atoms with Crippen LogP contribution in [0.2, 0.25) is 5.02 Å². The van der Waals surface area contributed by atoms with Crippen molar-refractivity contribution in [3.8, 4) is 0 Å². The van der Waals surface area contributed by atoms with Gasteiger partial charge in [-0.15, -0.1) is 0 Å². The van der Waals surface area contributed by atoms with Gasteiger partial charge in [0.05, 0.1) is 18.1 Å². The molecular formula is C22H21ClO2. The molecule has 4 rings (SSSR count). The summed E-state index contributed by atoms with van der Waals surface area (Å²) >= 11 is 6.03. The Labute approximate surface area is 153 Å². The molecule has 0 N–H and O–H groups in total. The number of ether oxygens (including phenoxy) is 1. The van der Waals surface area contributed by atoms with E-state index in [4.69, 9.17) is 16.3 Å². The monoisotopic (exact) mass is 352 g/mol. The molecule has 1 saturated heterocycles. The van der Waals surface area contributed by atoms with Crippen LogP contribution in [0.1, 0.15) is 49.0 Å². The Bertz CT molecular complexity index is 779. The number of ketones is 1. The maximum atomic E-state index is 13.1. The Morgan fingerprint density at radius 2 is 1.76 bits per heavy atom. The third kappa shape index (κ3) is 3.42. The summed E-state index contributed by atoms with van der Waals surface area (Å²) in [4.78, 5) is 13.1. The highest BCUT2D eigenvalue weighted by Crippen LogP contribution is 2.47. The van der Waals surface area contributed by atoms with Crippen molar-refractivity contribution < 1.29 is 9.53 Å². The van der Waals surface area contributed by atoms with Gasteiger partial charge in [0.15, 0.2) is 5.78 Å². The smallest absolute Gasteiger partial charge is 0.164 e. The van der Waals surface area contributed by atoms with Crippen molar-refractivity contribution in [1.29, 1.82) is 0 Å². The standard InChI is InChI=1S/C22H21ClO2/c23-18-12-10-17(11-13-18)22-19(21(24)16-8-4-5-9-16)14-20(25-22)15-6-2-1-3-7-15/h1-3,6-8,10-13,19-20,22H,4-5,9,14H2. The number of Topliss-reactive ketones (excluding diaryl/α,β-unsaturated/α-hetero) is 1. The van der Waals surface area contributed by atoms with E-state index in [0.29, 0.717) is 5.02 Å². The maximum Gasteiger partial charge on any atom is 0.164 e. The SMILES string of the molecule is O=C(C1=CCCC1)C1CC(c2ccccc2)OC1c1ccc(Cl)cc1. The number of hydrogen-bond donors (Lipinski definition) is 0. The highest BCUT2D eigenvalue weighted by molar-refractivity contribution is 6.30. The van der Waals surface area contributed by atoms with Gasteiger partial charge in [0.2, 0.25) is 0 Å². The number of carbonyl (C=O) groups is 1. The summed E-state index contributed by atoms with van der Waals surface area (Å²) in [5.74, 6) is 0.131. The third-order valence-electron chi connectivity index (χ3n) is 5.21. The highest BCUT2D eigenvalue weighted by atomic mass is 35.5. The average molecular weight is 353 g/mol. The van der Waals surface area contributed by atoms with Crippen LogP contribution in [0.25, 0.3) is 0 Å². The Morgan fingerprint density at radius 1 is 1.00 bits per heavy atom. The minimum absolute atomic E-state index is 0.0437. The molecule has 2 aromatic carbocycles. The fraction of sp³-hybridized carbons (Fsp3) is 0.318. The van der Waals surface area contributed by atoms with E-state index in [2.05, 4.69) is 18.2 Å². The molecule has 0 aromatic heterocycles. The Kier molecular flexibility index (Phi) is 4.74. The van der Waals surface area contributed by atoms with Gasteiger partial charge < -0.3 is 4.74 Å². The Hall–Kier alpha value is -1.90. The van der Waals surface area contributed by atoms with E-state index in [1.807, 2.05) is 42.5 Å². The molecule has 0 spiro atoms.